The third-order valence-electron chi connectivity index (χ3n) is 4.94. The van der Waals surface area contributed by atoms with Crippen LogP contribution in [0.4, 0.5) is 10.1 Å². The Kier molecular flexibility index (Phi) is 4.47. The van der Waals surface area contributed by atoms with Crippen molar-refractivity contribution in [2.75, 3.05) is 12.3 Å². The van der Waals surface area contributed by atoms with Crippen molar-refractivity contribution in [3.05, 3.63) is 58.3 Å². The average Bonchev–Trinajstić information content (AvgIpc) is 3.06. The number of likely N-dealkylation sites (tertiary alicyclic amines) is 1. The van der Waals surface area contributed by atoms with E-state index in [9.17, 15) is 9.18 Å². The number of benzene rings is 1. The minimum absolute atomic E-state index is 0.174. The molecule has 1 aromatic carbocycles. The summed E-state index contributed by atoms with van der Waals surface area (Å²) >= 11 is 6.05. The van der Waals surface area contributed by atoms with Crippen LogP contribution in [0.2, 0.25) is 5.02 Å². The number of aryl methyl sites for hydroxylation is 1. The standard InChI is InChI=1S/C19H19ClFN5O/c1-11-10-26-17(23-18(11)21)9-15(24-26)16-4-2-3-7-25(16)19(27)13-8-12(20)5-6-14(13)22/h5-6,8-10,16H,2-4,7,22H2,1H3. The van der Waals surface area contributed by atoms with Crippen molar-refractivity contribution < 1.29 is 9.18 Å². The molecule has 6 nitrogen and oxygen atoms in total. The van der Waals surface area contributed by atoms with Crippen molar-refractivity contribution in [1.29, 1.82) is 0 Å². The van der Waals surface area contributed by atoms with E-state index in [2.05, 4.69) is 10.1 Å². The van der Waals surface area contributed by atoms with Gasteiger partial charge in [0.1, 0.15) is 0 Å². The molecule has 0 aliphatic carbocycles. The van der Waals surface area contributed by atoms with Crippen LogP contribution in [0.15, 0.2) is 30.5 Å². The lowest BCUT2D eigenvalue weighted by Gasteiger charge is -2.35. The third-order valence-corrected chi connectivity index (χ3v) is 5.17. The Morgan fingerprint density at radius 3 is 2.96 bits per heavy atom. The van der Waals surface area contributed by atoms with E-state index in [-0.39, 0.29) is 11.9 Å². The fourth-order valence-electron chi connectivity index (χ4n) is 3.52. The number of amides is 1. The molecule has 1 saturated heterocycles. The number of hydrogen-bond acceptors (Lipinski definition) is 4. The Balaban J connectivity index is 1.72. The molecule has 4 rings (SSSR count). The van der Waals surface area contributed by atoms with Crippen molar-refractivity contribution >= 4 is 28.8 Å². The summed E-state index contributed by atoms with van der Waals surface area (Å²) in [7, 11) is 0. The number of rotatable bonds is 2. The van der Waals surface area contributed by atoms with E-state index in [1.807, 2.05) is 0 Å². The van der Waals surface area contributed by atoms with Crippen molar-refractivity contribution in [1.82, 2.24) is 19.5 Å². The summed E-state index contributed by atoms with van der Waals surface area (Å²) < 4.78 is 15.3. The third kappa shape index (κ3) is 3.23. The van der Waals surface area contributed by atoms with Crippen molar-refractivity contribution in [2.24, 2.45) is 0 Å². The van der Waals surface area contributed by atoms with Crippen molar-refractivity contribution in [3.8, 4) is 0 Å². The molecule has 0 radical (unpaired) electrons. The van der Waals surface area contributed by atoms with E-state index in [4.69, 9.17) is 17.3 Å². The number of nitrogens with zero attached hydrogens (tertiary/aromatic N) is 4. The molecule has 2 aromatic heterocycles. The Bertz CT molecular complexity index is 995. The van der Waals surface area contributed by atoms with Crippen LogP contribution >= 0.6 is 11.6 Å². The molecule has 8 heteroatoms. The Hall–Kier alpha value is -2.67. The molecule has 1 unspecified atom stereocenters. The molecule has 140 valence electrons. The van der Waals surface area contributed by atoms with E-state index in [1.165, 1.54) is 0 Å². The number of piperidine rings is 1. The van der Waals surface area contributed by atoms with Crippen LogP contribution in [0.3, 0.4) is 0 Å². The predicted molar refractivity (Wildman–Crippen MR) is 101 cm³/mol. The molecule has 1 aliphatic heterocycles. The summed E-state index contributed by atoms with van der Waals surface area (Å²) in [5.41, 5.74) is 8.31. The normalized spacial score (nSPS) is 17.4. The molecule has 0 bridgehead atoms. The topological polar surface area (TPSA) is 76.5 Å². The molecule has 0 spiro atoms. The van der Waals surface area contributed by atoms with Crippen LogP contribution in [0.5, 0.6) is 0 Å². The maximum atomic E-state index is 13.8. The van der Waals surface area contributed by atoms with Gasteiger partial charge in [-0.2, -0.15) is 14.5 Å². The number of nitrogen functional groups attached to an aromatic ring is 1. The Morgan fingerprint density at radius 2 is 2.15 bits per heavy atom. The quantitative estimate of drug-likeness (QED) is 0.536. The smallest absolute Gasteiger partial charge is 0.256 e. The van der Waals surface area contributed by atoms with Crippen LogP contribution in [-0.4, -0.2) is 31.9 Å². The summed E-state index contributed by atoms with van der Waals surface area (Å²) in [6, 6.07) is 6.41. The highest BCUT2D eigenvalue weighted by Crippen LogP contribution is 2.33. The van der Waals surface area contributed by atoms with Crippen LogP contribution in [-0.2, 0) is 0 Å². The maximum absolute atomic E-state index is 13.8. The van der Waals surface area contributed by atoms with Gasteiger partial charge in [0.2, 0.25) is 5.95 Å². The SMILES string of the molecule is Cc1cn2nc(C3CCCCN3C(=O)c3cc(Cl)ccc3N)cc2nc1F. The Morgan fingerprint density at radius 1 is 1.33 bits per heavy atom. The Labute approximate surface area is 160 Å². The van der Waals surface area contributed by atoms with E-state index in [1.54, 1.807) is 46.8 Å². The van der Waals surface area contributed by atoms with Gasteiger partial charge in [-0.15, -0.1) is 0 Å². The second-order valence-electron chi connectivity index (χ2n) is 6.83. The zero-order valence-corrected chi connectivity index (χ0v) is 15.6. The van der Waals surface area contributed by atoms with Crippen LogP contribution in [0.1, 0.15) is 46.9 Å². The molecule has 1 amide bonds. The van der Waals surface area contributed by atoms with E-state index in [0.717, 1.165) is 19.3 Å². The second kappa shape index (κ2) is 6.81. The second-order valence-corrected chi connectivity index (χ2v) is 7.26. The minimum atomic E-state index is -0.516. The highest BCUT2D eigenvalue weighted by atomic mass is 35.5. The molecule has 1 aliphatic rings. The molecule has 27 heavy (non-hydrogen) atoms. The number of nitrogens with two attached hydrogens (primary N) is 1. The highest BCUT2D eigenvalue weighted by Gasteiger charge is 2.31. The fourth-order valence-corrected chi connectivity index (χ4v) is 3.69. The van der Waals surface area contributed by atoms with Crippen LogP contribution in [0, 0.1) is 12.9 Å². The largest absolute Gasteiger partial charge is 0.398 e. The number of carbonyl (C=O) groups excluding carboxylic acids is 1. The number of anilines is 1. The molecule has 3 heterocycles. The maximum Gasteiger partial charge on any atom is 0.256 e. The van der Waals surface area contributed by atoms with E-state index in [0.29, 0.717) is 39.7 Å². The van der Waals surface area contributed by atoms with Gasteiger partial charge < -0.3 is 10.6 Å². The van der Waals surface area contributed by atoms with Crippen molar-refractivity contribution in [2.45, 2.75) is 32.2 Å². The first-order valence-corrected chi connectivity index (χ1v) is 9.20. The van der Waals surface area contributed by atoms with Crippen molar-refractivity contribution in [3.63, 3.8) is 0 Å². The lowest BCUT2D eigenvalue weighted by atomic mass is 9.98. The molecule has 1 atom stereocenters. The zero-order chi connectivity index (χ0) is 19.1. The molecule has 0 saturated carbocycles. The van der Waals surface area contributed by atoms with Gasteiger partial charge >= 0.3 is 0 Å². The molecular weight excluding hydrogens is 369 g/mol. The van der Waals surface area contributed by atoms with Gasteiger partial charge in [0.25, 0.3) is 5.91 Å². The average molecular weight is 388 g/mol. The number of carbonyl (C=O) groups is 1. The van der Waals surface area contributed by atoms with Gasteiger partial charge in [0, 0.05) is 35.1 Å². The lowest BCUT2D eigenvalue weighted by Crippen LogP contribution is -2.39. The first kappa shape index (κ1) is 17.7. The number of halogens is 2. The zero-order valence-electron chi connectivity index (χ0n) is 14.8. The summed E-state index contributed by atoms with van der Waals surface area (Å²) in [6.07, 6.45) is 4.26. The van der Waals surface area contributed by atoms with E-state index < -0.39 is 5.95 Å². The number of fused-ring (bicyclic) bond motifs is 1. The summed E-state index contributed by atoms with van der Waals surface area (Å²) in [5.74, 6) is -0.690. The summed E-state index contributed by atoms with van der Waals surface area (Å²) in [5, 5.41) is 5.00. The fraction of sp³-hybridized carbons (Fsp3) is 0.316. The number of aromatic nitrogens is 3. The van der Waals surface area contributed by atoms with Gasteiger partial charge in [-0.3, -0.25) is 4.79 Å². The summed E-state index contributed by atoms with van der Waals surface area (Å²) in [6.45, 7) is 2.24. The van der Waals surface area contributed by atoms with Crippen LogP contribution in [0.25, 0.3) is 5.65 Å². The van der Waals surface area contributed by atoms with Gasteiger partial charge in [0.05, 0.1) is 17.3 Å². The molecule has 3 aromatic rings. The molecule has 2 N–H and O–H groups in total. The predicted octanol–water partition coefficient (Wildman–Crippen LogP) is 3.78. The van der Waals surface area contributed by atoms with Gasteiger partial charge in [0.15, 0.2) is 5.65 Å². The molecular formula is C19H19ClFN5O. The summed E-state index contributed by atoms with van der Waals surface area (Å²) in [4.78, 5) is 18.9. The monoisotopic (exact) mass is 387 g/mol. The molecule has 1 fully saturated rings. The van der Waals surface area contributed by atoms with Crippen LogP contribution < -0.4 is 5.73 Å². The van der Waals surface area contributed by atoms with Gasteiger partial charge in [-0.25, -0.2) is 4.52 Å². The minimum Gasteiger partial charge on any atom is -0.398 e. The lowest BCUT2D eigenvalue weighted by molar-refractivity contribution is 0.0607. The number of hydrogen-bond donors (Lipinski definition) is 1. The van der Waals surface area contributed by atoms with Gasteiger partial charge in [-0.05, 0) is 44.4 Å². The van der Waals surface area contributed by atoms with Gasteiger partial charge in [-0.1, -0.05) is 11.6 Å². The highest BCUT2D eigenvalue weighted by molar-refractivity contribution is 6.31. The first-order valence-electron chi connectivity index (χ1n) is 8.82. The first-order chi connectivity index (χ1) is 12.9. The van der Waals surface area contributed by atoms with E-state index >= 15 is 0 Å².